The van der Waals surface area contributed by atoms with Gasteiger partial charge in [-0.25, -0.2) is 0 Å². The van der Waals surface area contributed by atoms with E-state index in [9.17, 15) is 4.79 Å². The van der Waals surface area contributed by atoms with E-state index in [0.29, 0.717) is 18.5 Å². The summed E-state index contributed by atoms with van der Waals surface area (Å²) in [5.74, 6) is 0.697. The summed E-state index contributed by atoms with van der Waals surface area (Å²) in [5, 5.41) is 15.0. The molecule has 0 aromatic carbocycles. The van der Waals surface area contributed by atoms with Gasteiger partial charge >= 0.3 is 0 Å². The number of piperidine rings is 1. The van der Waals surface area contributed by atoms with Crippen molar-refractivity contribution in [1.29, 1.82) is 0 Å². The van der Waals surface area contributed by atoms with Crippen LogP contribution in [0, 0.1) is 5.92 Å². The first-order valence-electron chi connectivity index (χ1n) is 6.43. The van der Waals surface area contributed by atoms with Crippen LogP contribution in [-0.4, -0.2) is 61.3 Å². The minimum absolute atomic E-state index is 0.0324. The van der Waals surface area contributed by atoms with E-state index in [1.165, 1.54) is 0 Å². The summed E-state index contributed by atoms with van der Waals surface area (Å²) in [4.78, 5) is 13.2. The van der Waals surface area contributed by atoms with Gasteiger partial charge in [0.05, 0.1) is 6.61 Å². The van der Waals surface area contributed by atoms with Crippen LogP contribution in [0.2, 0.25) is 0 Å². The molecule has 2 unspecified atom stereocenters. The average Bonchev–Trinajstić information content (AvgIpc) is 2.25. The zero-order valence-corrected chi connectivity index (χ0v) is 10.9. The molecule has 1 heterocycles. The molecule has 3 N–H and O–H groups in total. The van der Waals surface area contributed by atoms with E-state index in [1.54, 1.807) is 6.92 Å². The number of aliphatic hydroxyl groups is 1. The summed E-state index contributed by atoms with van der Waals surface area (Å²) in [7, 11) is 0. The number of nitrogens with zero attached hydrogens (tertiary/aromatic N) is 1. The molecule has 100 valence electrons. The highest BCUT2D eigenvalue weighted by Crippen LogP contribution is 2.15. The van der Waals surface area contributed by atoms with Crippen molar-refractivity contribution < 1.29 is 9.90 Å². The van der Waals surface area contributed by atoms with Crippen LogP contribution in [0.5, 0.6) is 0 Å². The van der Waals surface area contributed by atoms with Gasteiger partial charge < -0.3 is 15.7 Å². The molecule has 0 saturated carbocycles. The number of carbonyl (C=O) groups is 1. The van der Waals surface area contributed by atoms with E-state index in [4.69, 9.17) is 5.11 Å². The third kappa shape index (κ3) is 6.00. The Morgan fingerprint density at radius 2 is 2.18 bits per heavy atom. The van der Waals surface area contributed by atoms with Crippen LogP contribution in [0.25, 0.3) is 0 Å². The fourth-order valence-electron chi connectivity index (χ4n) is 2.45. The Morgan fingerprint density at radius 3 is 2.82 bits per heavy atom. The van der Waals surface area contributed by atoms with Crippen LogP contribution in [0.15, 0.2) is 0 Å². The van der Waals surface area contributed by atoms with Crippen LogP contribution in [0.1, 0.15) is 20.3 Å². The van der Waals surface area contributed by atoms with Gasteiger partial charge in [-0.05, 0) is 12.3 Å². The highest BCUT2D eigenvalue weighted by atomic mass is 16.3. The molecule has 1 aliphatic rings. The maximum Gasteiger partial charge on any atom is 0.216 e. The molecule has 1 saturated heterocycles. The monoisotopic (exact) mass is 243 g/mol. The number of hydrogen-bond acceptors (Lipinski definition) is 4. The van der Waals surface area contributed by atoms with Crippen molar-refractivity contribution in [2.75, 3.05) is 39.3 Å². The maximum absolute atomic E-state index is 10.8. The molecule has 1 fully saturated rings. The van der Waals surface area contributed by atoms with Crippen LogP contribution in [0.4, 0.5) is 0 Å². The molecule has 5 nitrogen and oxygen atoms in total. The third-order valence-electron chi connectivity index (χ3n) is 3.08. The fourth-order valence-corrected chi connectivity index (χ4v) is 2.45. The van der Waals surface area contributed by atoms with Crippen LogP contribution in [0.3, 0.4) is 0 Å². The Morgan fingerprint density at radius 1 is 1.41 bits per heavy atom. The molecule has 1 aliphatic heterocycles. The van der Waals surface area contributed by atoms with E-state index < -0.39 is 0 Å². The summed E-state index contributed by atoms with van der Waals surface area (Å²) in [6.45, 7) is 8.37. The smallest absolute Gasteiger partial charge is 0.216 e. The van der Waals surface area contributed by atoms with E-state index in [-0.39, 0.29) is 12.5 Å². The number of hydrogen-bond donors (Lipinski definition) is 3. The highest BCUT2D eigenvalue weighted by Gasteiger charge is 2.23. The largest absolute Gasteiger partial charge is 0.395 e. The first kappa shape index (κ1) is 14.4. The number of likely N-dealkylation sites (tertiary alicyclic amines) is 1. The molecular weight excluding hydrogens is 218 g/mol. The Bertz CT molecular complexity index is 236. The third-order valence-corrected chi connectivity index (χ3v) is 3.08. The summed E-state index contributed by atoms with van der Waals surface area (Å²) >= 11 is 0. The predicted molar refractivity (Wildman–Crippen MR) is 67.8 cm³/mol. The standard InChI is InChI=1S/C12H25N3O2/c1-10-7-12(14-4-6-16)9-15(8-10)5-3-13-11(2)17/h10,12,14,16H,3-9H2,1-2H3,(H,13,17). The Labute approximate surface area is 104 Å². The van der Waals surface area contributed by atoms with E-state index in [2.05, 4.69) is 22.5 Å². The summed E-state index contributed by atoms with van der Waals surface area (Å²) in [6, 6.07) is 0.461. The highest BCUT2D eigenvalue weighted by molar-refractivity contribution is 5.72. The van der Waals surface area contributed by atoms with Crippen molar-refractivity contribution in [3.63, 3.8) is 0 Å². The lowest BCUT2D eigenvalue weighted by Crippen LogP contribution is -2.50. The van der Waals surface area contributed by atoms with Crippen molar-refractivity contribution in [3.8, 4) is 0 Å². The van der Waals surface area contributed by atoms with Crippen LogP contribution < -0.4 is 10.6 Å². The van der Waals surface area contributed by atoms with Gasteiger partial charge in [0.15, 0.2) is 0 Å². The quantitative estimate of drug-likeness (QED) is 0.584. The maximum atomic E-state index is 10.8. The second kappa shape index (κ2) is 7.63. The Balaban J connectivity index is 2.26. The van der Waals surface area contributed by atoms with Gasteiger partial charge in [-0.1, -0.05) is 6.92 Å². The molecule has 17 heavy (non-hydrogen) atoms. The normalized spacial score (nSPS) is 25.8. The van der Waals surface area contributed by atoms with Gasteiger partial charge in [0.1, 0.15) is 0 Å². The molecule has 0 spiro atoms. The van der Waals surface area contributed by atoms with Gasteiger partial charge in [-0.3, -0.25) is 9.69 Å². The number of aliphatic hydroxyl groups excluding tert-OH is 1. The topological polar surface area (TPSA) is 64.6 Å². The van der Waals surface area contributed by atoms with E-state index >= 15 is 0 Å². The van der Waals surface area contributed by atoms with Gasteiger partial charge in [-0.2, -0.15) is 0 Å². The number of nitrogens with one attached hydrogen (secondary N) is 2. The summed E-state index contributed by atoms with van der Waals surface area (Å²) in [6.07, 6.45) is 1.16. The molecule has 0 aromatic heterocycles. The predicted octanol–water partition coefficient (Wildman–Crippen LogP) is -0.585. The van der Waals surface area contributed by atoms with Gasteiger partial charge in [0.25, 0.3) is 0 Å². The van der Waals surface area contributed by atoms with Gasteiger partial charge in [0.2, 0.25) is 5.91 Å². The van der Waals surface area contributed by atoms with Crippen molar-refractivity contribution >= 4 is 5.91 Å². The molecule has 2 atom stereocenters. The average molecular weight is 243 g/mol. The van der Waals surface area contributed by atoms with E-state index in [1.807, 2.05) is 0 Å². The number of rotatable bonds is 6. The minimum Gasteiger partial charge on any atom is -0.395 e. The van der Waals surface area contributed by atoms with Gasteiger partial charge in [0, 0.05) is 45.7 Å². The summed E-state index contributed by atoms with van der Waals surface area (Å²) < 4.78 is 0. The zero-order chi connectivity index (χ0) is 12.7. The summed E-state index contributed by atoms with van der Waals surface area (Å²) in [5.41, 5.74) is 0. The number of carbonyl (C=O) groups excluding carboxylic acids is 1. The van der Waals surface area contributed by atoms with Crippen molar-refractivity contribution in [1.82, 2.24) is 15.5 Å². The molecule has 0 aliphatic carbocycles. The zero-order valence-electron chi connectivity index (χ0n) is 10.9. The first-order valence-corrected chi connectivity index (χ1v) is 6.43. The van der Waals surface area contributed by atoms with Crippen LogP contribution in [-0.2, 0) is 4.79 Å². The Kier molecular flexibility index (Phi) is 6.47. The van der Waals surface area contributed by atoms with Crippen molar-refractivity contribution in [2.24, 2.45) is 5.92 Å². The molecule has 5 heteroatoms. The lowest BCUT2D eigenvalue weighted by atomic mass is 9.96. The molecule has 0 aromatic rings. The van der Waals surface area contributed by atoms with Crippen molar-refractivity contribution in [2.45, 2.75) is 26.3 Å². The first-order chi connectivity index (χ1) is 8.11. The van der Waals surface area contributed by atoms with Crippen molar-refractivity contribution in [3.05, 3.63) is 0 Å². The second-order valence-corrected chi connectivity index (χ2v) is 4.96. The molecule has 0 bridgehead atoms. The Hall–Kier alpha value is -0.650. The van der Waals surface area contributed by atoms with Gasteiger partial charge in [-0.15, -0.1) is 0 Å². The lowest BCUT2D eigenvalue weighted by Gasteiger charge is -2.36. The second-order valence-electron chi connectivity index (χ2n) is 4.96. The molecular formula is C12H25N3O2. The number of amides is 1. The molecule has 1 rings (SSSR count). The molecule has 1 amide bonds. The molecule has 0 radical (unpaired) electrons. The SMILES string of the molecule is CC(=O)NCCN1CC(C)CC(NCCO)C1. The minimum atomic E-state index is 0.0324. The lowest BCUT2D eigenvalue weighted by molar-refractivity contribution is -0.119. The van der Waals surface area contributed by atoms with Crippen LogP contribution >= 0.6 is 0 Å². The fraction of sp³-hybridized carbons (Fsp3) is 0.917. The van der Waals surface area contributed by atoms with E-state index in [0.717, 1.165) is 32.6 Å².